The van der Waals surface area contributed by atoms with Gasteiger partial charge in [-0.15, -0.1) is 0 Å². The molecule has 4 nitrogen and oxygen atoms in total. The van der Waals surface area contributed by atoms with Crippen LogP contribution in [-0.2, 0) is 7.05 Å². The summed E-state index contributed by atoms with van der Waals surface area (Å²) in [6, 6.07) is 7.53. The Labute approximate surface area is 93.5 Å². The van der Waals surface area contributed by atoms with Gasteiger partial charge in [-0.25, -0.2) is 0 Å². The molecule has 1 amide bonds. The van der Waals surface area contributed by atoms with E-state index in [1.54, 1.807) is 6.07 Å². The van der Waals surface area contributed by atoms with Gasteiger partial charge in [-0.05, 0) is 24.3 Å². The first kappa shape index (κ1) is 10.7. The Hall–Kier alpha value is -1.81. The van der Waals surface area contributed by atoms with Crippen molar-refractivity contribution in [1.29, 1.82) is 0 Å². The molecule has 1 aromatic heterocycles. The molecular formula is C12H14N2O2. The molecule has 1 aromatic carbocycles. The number of hydrogen-bond donors (Lipinski definition) is 2. The highest BCUT2D eigenvalue weighted by Crippen LogP contribution is 2.16. The van der Waals surface area contributed by atoms with Crippen molar-refractivity contribution in [2.45, 2.75) is 0 Å². The van der Waals surface area contributed by atoms with Crippen LogP contribution in [0.25, 0.3) is 10.9 Å². The van der Waals surface area contributed by atoms with Crippen LogP contribution in [0.1, 0.15) is 10.4 Å². The SMILES string of the molecule is Cn1ccc2cc(C(=O)NCCO)ccc21. The van der Waals surface area contributed by atoms with Crippen LogP contribution in [0.3, 0.4) is 0 Å². The summed E-state index contributed by atoms with van der Waals surface area (Å²) in [5.41, 5.74) is 1.71. The van der Waals surface area contributed by atoms with E-state index in [0.29, 0.717) is 5.56 Å². The van der Waals surface area contributed by atoms with E-state index in [9.17, 15) is 4.79 Å². The van der Waals surface area contributed by atoms with Gasteiger partial charge in [-0.3, -0.25) is 4.79 Å². The second-order valence-corrected chi connectivity index (χ2v) is 3.68. The topological polar surface area (TPSA) is 54.3 Å². The zero-order valence-electron chi connectivity index (χ0n) is 9.10. The van der Waals surface area contributed by atoms with Crippen LogP contribution in [-0.4, -0.2) is 28.7 Å². The van der Waals surface area contributed by atoms with Gasteiger partial charge >= 0.3 is 0 Å². The number of rotatable bonds is 3. The normalized spacial score (nSPS) is 10.6. The van der Waals surface area contributed by atoms with Crippen LogP contribution < -0.4 is 5.32 Å². The maximum Gasteiger partial charge on any atom is 0.251 e. The highest BCUT2D eigenvalue weighted by molar-refractivity contribution is 5.98. The van der Waals surface area contributed by atoms with E-state index >= 15 is 0 Å². The summed E-state index contributed by atoms with van der Waals surface area (Å²) >= 11 is 0. The fourth-order valence-electron chi connectivity index (χ4n) is 1.69. The average molecular weight is 218 g/mol. The maximum absolute atomic E-state index is 11.6. The lowest BCUT2D eigenvalue weighted by molar-refractivity contribution is 0.0945. The number of fused-ring (bicyclic) bond motifs is 1. The lowest BCUT2D eigenvalue weighted by Crippen LogP contribution is -2.26. The number of amides is 1. The van der Waals surface area contributed by atoms with Crippen LogP contribution in [0.15, 0.2) is 30.5 Å². The number of aromatic nitrogens is 1. The monoisotopic (exact) mass is 218 g/mol. The molecule has 0 unspecified atom stereocenters. The lowest BCUT2D eigenvalue weighted by atomic mass is 10.1. The van der Waals surface area contributed by atoms with Gasteiger partial charge in [-0.2, -0.15) is 0 Å². The summed E-state index contributed by atoms with van der Waals surface area (Å²) in [7, 11) is 1.97. The fourth-order valence-corrected chi connectivity index (χ4v) is 1.69. The van der Waals surface area contributed by atoms with Crippen molar-refractivity contribution in [1.82, 2.24) is 9.88 Å². The second kappa shape index (κ2) is 4.37. The van der Waals surface area contributed by atoms with Gasteiger partial charge in [0.15, 0.2) is 0 Å². The first-order chi connectivity index (χ1) is 7.72. The van der Waals surface area contributed by atoms with Crippen LogP contribution >= 0.6 is 0 Å². The summed E-state index contributed by atoms with van der Waals surface area (Å²) in [4.78, 5) is 11.6. The molecular weight excluding hydrogens is 204 g/mol. The van der Waals surface area contributed by atoms with Gasteiger partial charge in [0.2, 0.25) is 0 Å². The summed E-state index contributed by atoms with van der Waals surface area (Å²) in [6.45, 7) is 0.241. The van der Waals surface area contributed by atoms with E-state index in [0.717, 1.165) is 10.9 Å². The molecule has 0 aliphatic carbocycles. The average Bonchev–Trinajstić information content (AvgIpc) is 2.67. The van der Waals surface area contributed by atoms with Gasteiger partial charge in [0.1, 0.15) is 0 Å². The second-order valence-electron chi connectivity index (χ2n) is 3.68. The van der Waals surface area contributed by atoms with E-state index in [4.69, 9.17) is 5.11 Å². The van der Waals surface area contributed by atoms with E-state index < -0.39 is 0 Å². The molecule has 84 valence electrons. The molecule has 0 aliphatic heterocycles. The smallest absolute Gasteiger partial charge is 0.251 e. The van der Waals surface area contributed by atoms with Crippen LogP contribution in [0.5, 0.6) is 0 Å². The number of aliphatic hydroxyl groups is 1. The van der Waals surface area contributed by atoms with Gasteiger partial charge in [0.25, 0.3) is 5.91 Å². The Kier molecular flexibility index (Phi) is 2.92. The quantitative estimate of drug-likeness (QED) is 0.804. The van der Waals surface area contributed by atoms with Crippen molar-refractivity contribution >= 4 is 16.8 Å². The minimum atomic E-state index is -0.153. The predicted octanol–water partition coefficient (Wildman–Crippen LogP) is 0.900. The molecule has 2 rings (SSSR count). The molecule has 4 heteroatoms. The van der Waals surface area contributed by atoms with Crippen molar-refractivity contribution < 1.29 is 9.90 Å². The molecule has 0 fully saturated rings. The third kappa shape index (κ3) is 1.92. The Morgan fingerprint density at radius 3 is 3.00 bits per heavy atom. The number of nitrogens with one attached hydrogen (secondary N) is 1. The molecule has 0 bridgehead atoms. The molecule has 0 saturated heterocycles. The van der Waals surface area contributed by atoms with E-state index in [-0.39, 0.29) is 19.1 Å². The number of carbonyl (C=O) groups is 1. The van der Waals surface area contributed by atoms with Crippen molar-refractivity contribution in [3.05, 3.63) is 36.0 Å². The van der Waals surface area contributed by atoms with E-state index in [1.807, 2.05) is 36.0 Å². The molecule has 1 heterocycles. The number of aryl methyl sites for hydroxylation is 1. The largest absolute Gasteiger partial charge is 0.395 e. The summed E-state index contributed by atoms with van der Waals surface area (Å²) in [5, 5.41) is 12.3. The number of aliphatic hydroxyl groups excluding tert-OH is 1. The number of hydrogen-bond acceptors (Lipinski definition) is 2. The third-order valence-corrected chi connectivity index (χ3v) is 2.54. The standard InChI is InChI=1S/C12H14N2O2/c1-14-6-4-9-8-10(2-3-11(9)14)12(16)13-5-7-15/h2-4,6,8,15H,5,7H2,1H3,(H,13,16). The zero-order chi connectivity index (χ0) is 11.5. The Morgan fingerprint density at radius 2 is 2.25 bits per heavy atom. The van der Waals surface area contributed by atoms with E-state index in [1.165, 1.54) is 0 Å². The molecule has 0 atom stereocenters. The van der Waals surface area contributed by atoms with Gasteiger partial charge < -0.3 is 15.0 Å². The summed E-state index contributed by atoms with van der Waals surface area (Å²) in [6.07, 6.45) is 1.96. The Balaban J connectivity index is 2.29. The van der Waals surface area contributed by atoms with Crippen LogP contribution in [0, 0.1) is 0 Å². The molecule has 0 aliphatic rings. The number of benzene rings is 1. The molecule has 2 aromatic rings. The minimum Gasteiger partial charge on any atom is -0.395 e. The molecule has 0 saturated carbocycles. The molecule has 0 radical (unpaired) electrons. The first-order valence-electron chi connectivity index (χ1n) is 5.16. The maximum atomic E-state index is 11.6. The van der Waals surface area contributed by atoms with Crippen molar-refractivity contribution in [3.63, 3.8) is 0 Å². The molecule has 0 spiro atoms. The van der Waals surface area contributed by atoms with Crippen LogP contribution in [0.2, 0.25) is 0 Å². The number of carbonyl (C=O) groups excluding carboxylic acids is 1. The van der Waals surface area contributed by atoms with E-state index in [2.05, 4.69) is 5.32 Å². The molecule has 2 N–H and O–H groups in total. The minimum absolute atomic E-state index is 0.0423. The first-order valence-corrected chi connectivity index (χ1v) is 5.16. The Morgan fingerprint density at radius 1 is 1.44 bits per heavy atom. The van der Waals surface area contributed by atoms with Crippen molar-refractivity contribution in [3.8, 4) is 0 Å². The summed E-state index contributed by atoms with van der Waals surface area (Å²) < 4.78 is 2.00. The summed E-state index contributed by atoms with van der Waals surface area (Å²) in [5.74, 6) is -0.153. The van der Waals surface area contributed by atoms with Gasteiger partial charge in [0.05, 0.1) is 6.61 Å². The Bertz CT molecular complexity index is 517. The lowest BCUT2D eigenvalue weighted by Gasteiger charge is -2.03. The predicted molar refractivity (Wildman–Crippen MR) is 62.3 cm³/mol. The van der Waals surface area contributed by atoms with Gasteiger partial charge in [0, 0.05) is 36.3 Å². The third-order valence-electron chi connectivity index (χ3n) is 2.54. The van der Waals surface area contributed by atoms with Crippen LogP contribution in [0.4, 0.5) is 0 Å². The molecule has 16 heavy (non-hydrogen) atoms. The fraction of sp³-hybridized carbons (Fsp3) is 0.250. The van der Waals surface area contributed by atoms with Crippen molar-refractivity contribution in [2.24, 2.45) is 7.05 Å². The highest BCUT2D eigenvalue weighted by atomic mass is 16.3. The van der Waals surface area contributed by atoms with Gasteiger partial charge in [-0.1, -0.05) is 0 Å². The zero-order valence-corrected chi connectivity index (χ0v) is 9.10. The van der Waals surface area contributed by atoms with Crippen molar-refractivity contribution in [2.75, 3.05) is 13.2 Å². The highest BCUT2D eigenvalue weighted by Gasteiger charge is 2.06. The number of nitrogens with zero attached hydrogens (tertiary/aromatic N) is 1.